The number of aliphatic carboxylic acids is 1. The van der Waals surface area contributed by atoms with Gasteiger partial charge in [-0.25, -0.2) is 0 Å². The first-order chi connectivity index (χ1) is 11.6. The first kappa shape index (κ1) is 17.5. The summed E-state index contributed by atoms with van der Waals surface area (Å²) in [6.45, 7) is 0. The molecule has 1 unspecified atom stereocenters. The van der Waals surface area contributed by atoms with Gasteiger partial charge in [-0.05, 0) is 18.4 Å². The van der Waals surface area contributed by atoms with Gasteiger partial charge in [0.2, 0.25) is 17.7 Å². The molecule has 0 spiro atoms. The van der Waals surface area contributed by atoms with Gasteiger partial charge in [0.1, 0.15) is 0 Å². The van der Waals surface area contributed by atoms with E-state index in [-0.39, 0.29) is 12.5 Å². The Morgan fingerprint density at radius 2 is 1.79 bits per heavy atom. The summed E-state index contributed by atoms with van der Waals surface area (Å²) in [7, 11) is 3.02. The van der Waals surface area contributed by atoms with Crippen molar-refractivity contribution in [3.05, 3.63) is 42.0 Å². The van der Waals surface area contributed by atoms with E-state index in [2.05, 4.69) is 15.3 Å². The number of ether oxygens (including phenoxy) is 2. The molecule has 7 nitrogen and oxygen atoms in total. The molecule has 1 atom stereocenters. The van der Waals surface area contributed by atoms with E-state index in [0.29, 0.717) is 30.5 Å². The number of methoxy groups -OCH3 is 2. The molecular formula is C17H21N3O4. The molecule has 7 heteroatoms. The van der Waals surface area contributed by atoms with Gasteiger partial charge in [0, 0.05) is 12.5 Å². The first-order valence-electron chi connectivity index (χ1n) is 7.60. The maximum atomic E-state index is 10.9. The van der Waals surface area contributed by atoms with Crippen LogP contribution in [-0.2, 0) is 11.2 Å². The van der Waals surface area contributed by atoms with Crippen LogP contribution in [0.4, 0.5) is 5.95 Å². The molecule has 1 aromatic heterocycles. The summed E-state index contributed by atoms with van der Waals surface area (Å²) < 4.78 is 10.3. The molecule has 1 aromatic carbocycles. The Kier molecular flexibility index (Phi) is 6.36. The van der Waals surface area contributed by atoms with Gasteiger partial charge in [0.15, 0.2) is 0 Å². The van der Waals surface area contributed by atoms with Crippen LogP contribution in [0.5, 0.6) is 11.8 Å². The minimum Gasteiger partial charge on any atom is -0.481 e. The number of hydrogen-bond acceptors (Lipinski definition) is 6. The molecule has 0 aliphatic rings. The Morgan fingerprint density at radius 1 is 1.17 bits per heavy atom. The number of hydrogen-bond donors (Lipinski definition) is 2. The van der Waals surface area contributed by atoms with E-state index in [4.69, 9.17) is 14.6 Å². The predicted octanol–water partition coefficient (Wildman–Crippen LogP) is 2.38. The van der Waals surface area contributed by atoms with Crippen molar-refractivity contribution in [2.45, 2.75) is 25.3 Å². The molecule has 2 rings (SSSR count). The van der Waals surface area contributed by atoms with E-state index in [1.165, 1.54) is 14.2 Å². The van der Waals surface area contributed by atoms with Crippen molar-refractivity contribution in [1.29, 1.82) is 0 Å². The Bertz CT molecular complexity index is 642. The highest BCUT2D eigenvalue weighted by Gasteiger charge is 2.15. The molecule has 0 saturated heterocycles. The summed E-state index contributed by atoms with van der Waals surface area (Å²) in [5, 5.41) is 12.1. The molecule has 0 bridgehead atoms. The molecular weight excluding hydrogens is 310 g/mol. The number of rotatable bonds is 9. The number of anilines is 1. The van der Waals surface area contributed by atoms with E-state index in [1.54, 1.807) is 6.07 Å². The van der Waals surface area contributed by atoms with Gasteiger partial charge >= 0.3 is 5.97 Å². The zero-order valence-corrected chi connectivity index (χ0v) is 13.7. The van der Waals surface area contributed by atoms with Crippen LogP contribution in [0.25, 0.3) is 0 Å². The summed E-state index contributed by atoms with van der Waals surface area (Å²) in [6.07, 6.45) is 1.18. The first-order valence-corrected chi connectivity index (χ1v) is 7.60. The molecule has 0 saturated carbocycles. The molecule has 0 aliphatic heterocycles. The molecule has 2 aromatic rings. The number of aromatic nitrogens is 2. The summed E-state index contributed by atoms with van der Waals surface area (Å²) in [5.74, 6) is 0.263. The monoisotopic (exact) mass is 331 g/mol. The molecule has 0 aliphatic carbocycles. The Labute approximate surface area is 140 Å². The second-order valence-corrected chi connectivity index (χ2v) is 5.24. The minimum absolute atomic E-state index is 0.0611. The molecule has 128 valence electrons. The lowest BCUT2D eigenvalue weighted by atomic mass is 10.0. The lowest BCUT2D eigenvalue weighted by molar-refractivity contribution is -0.137. The quantitative estimate of drug-likeness (QED) is 0.728. The third-order valence-corrected chi connectivity index (χ3v) is 3.46. The van der Waals surface area contributed by atoms with Gasteiger partial charge in [-0.3, -0.25) is 4.79 Å². The number of carbonyl (C=O) groups is 1. The Hall–Kier alpha value is -2.83. The highest BCUT2D eigenvalue weighted by atomic mass is 16.5. The second-order valence-electron chi connectivity index (χ2n) is 5.24. The number of carboxylic acid groups (broad SMARTS) is 1. The van der Waals surface area contributed by atoms with Gasteiger partial charge in [-0.1, -0.05) is 30.3 Å². The third-order valence-electron chi connectivity index (χ3n) is 3.46. The average molecular weight is 331 g/mol. The van der Waals surface area contributed by atoms with Crippen LogP contribution in [0.15, 0.2) is 36.4 Å². The Morgan fingerprint density at radius 3 is 2.33 bits per heavy atom. The highest BCUT2D eigenvalue weighted by Crippen LogP contribution is 2.19. The van der Waals surface area contributed by atoms with Crippen molar-refractivity contribution < 1.29 is 19.4 Å². The predicted molar refractivity (Wildman–Crippen MR) is 89.6 cm³/mol. The van der Waals surface area contributed by atoms with E-state index >= 15 is 0 Å². The lowest BCUT2D eigenvalue weighted by Gasteiger charge is -2.19. The van der Waals surface area contributed by atoms with E-state index in [9.17, 15) is 4.79 Å². The fourth-order valence-corrected chi connectivity index (χ4v) is 2.28. The minimum atomic E-state index is -0.834. The zero-order chi connectivity index (χ0) is 17.4. The largest absolute Gasteiger partial charge is 0.481 e. The van der Waals surface area contributed by atoms with Crippen LogP contribution in [0.2, 0.25) is 0 Å². The van der Waals surface area contributed by atoms with Crippen LogP contribution >= 0.6 is 0 Å². The normalized spacial score (nSPS) is 11.6. The maximum Gasteiger partial charge on any atom is 0.303 e. The van der Waals surface area contributed by atoms with E-state index in [1.807, 2.05) is 30.3 Å². The average Bonchev–Trinajstić information content (AvgIpc) is 2.60. The van der Waals surface area contributed by atoms with Gasteiger partial charge in [-0.2, -0.15) is 9.97 Å². The standard InChI is InChI=1S/C17H21N3O4/c1-23-14-11-15(24-2)20-17(19-14)18-13(8-9-16(21)22)10-12-6-4-3-5-7-12/h3-7,11,13H,8-10H2,1-2H3,(H,21,22)(H,18,19,20). The summed E-state index contributed by atoms with van der Waals surface area (Å²) in [4.78, 5) is 19.4. The van der Waals surface area contributed by atoms with Crippen LogP contribution in [0, 0.1) is 0 Å². The van der Waals surface area contributed by atoms with Crippen molar-refractivity contribution in [3.63, 3.8) is 0 Å². The fourth-order valence-electron chi connectivity index (χ4n) is 2.28. The number of carboxylic acids is 1. The summed E-state index contributed by atoms with van der Waals surface area (Å²) >= 11 is 0. The van der Waals surface area contributed by atoms with E-state index < -0.39 is 5.97 Å². The van der Waals surface area contributed by atoms with Crippen LogP contribution in [0.1, 0.15) is 18.4 Å². The van der Waals surface area contributed by atoms with Crippen LogP contribution < -0.4 is 14.8 Å². The van der Waals surface area contributed by atoms with Crippen molar-refractivity contribution in [2.24, 2.45) is 0 Å². The van der Waals surface area contributed by atoms with Crippen molar-refractivity contribution in [2.75, 3.05) is 19.5 Å². The Balaban J connectivity index is 2.15. The third kappa shape index (κ3) is 5.42. The van der Waals surface area contributed by atoms with Gasteiger partial charge in [-0.15, -0.1) is 0 Å². The highest BCUT2D eigenvalue weighted by molar-refractivity contribution is 5.66. The fraction of sp³-hybridized carbons (Fsp3) is 0.353. The number of nitrogens with zero attached hydrogens (tertiary/aromatic N) is 2. The summed E-state index contributed by atoms with van der Waals surface area (Å²) in [6, 6.07) is 11.3. The topological polar surface area (TPSA) is 93.6 Å². The second kappa shape index (κ2) is 8.71. The molecule has 0 fully saturated rings. The van der Waals surface area contributed by atoms with Gasteiger partial charge in [0.25, 0.3) is 0 Å². The van der Waals surface area contributed by atoms with E-state index in [0.717, 1.165) is 5.56 Å². The lowest BCUT2D eigenvalue weighted by Crippen LogP contribution is -2.25. The van der Waals surface area contributed by atoms with Crippen molar-refractivity contribution in [1.82, 2.24) is 9.97 Å². The molecule has 24 heavy (non-hydrogen) atoms. The molecule has 2 N–H and O–H groups in total. The van der Waals surface area contributed by atoms with Crippen LogP contribution in [0.3, 0.4) is 0 Å². The molecule has 0 amide bonds. The zero-order valence-electron chi connectivity index (χ0n) is 13.7. The number of nitrogens with one attached hydrogen (secondary N) is 1. The molecule has 0 radical (unpaired) electrons. The van der Waals surface area contributed by atoms with Crippen molar-refractivity contribution >= 4 is 11.9 Å². The SMILES string of the molecule is COc1cc(OC)nc(NC(CCC(=O)O)Cc2ccccc2)n1. The maximum absolute atomic E-state index is 10.9. The molecule has 1 heterocycles. The van der Waals surface area contributed by atoms with Crippen LogP contribution in [-0.4, -0.2) is 41.3 Å². The van der Waals surface area contributed by atoms with Crippen molar-refractivity contribution in [3.8, 4) is 11.8 Å². The smallest absolute Gasteiger partial charge is 0.303 e. The van der Waals surface area contributed by atoms with Gasteiger partial charge in [0.05, 0.1) is 20.3 Å². The number of benzene rings is 1. The van der Waals surface area contributed by atoms with Gasteiger partial charge < -0.3 is 19.9 Å². The summed E-state index contributed by atoms with van der Waals surface area (Å²) in [5.41, 5.74) is 1.11.